The summed E-state index contributed by atoms with van der Waals surface area (Å²) in [5.74, 6) is -1.42. The summed E-state index contributed by atoms with van der Waals surface area (Å²) in [4.78, 5) is 23.3. The number of halogens is 3. The Morgan fingerprint density at radius 1 is 1.33 bits per heavy atom. The molecule has 0 bridgehead atoms. The lowest BCUT2D eigenvalue weighted by molar-refractivity contribution is -0.122. The van der Waals surface area contributed by atoms with Crippen LogP contribution in [0.3, 0.4) is 0 Å². The highest BCUT2D eigenvalue weighted by Gasteiger charge is 2.27. The summed E-state index contributed by atoms with van der Waals surface area (Å²) in [5, 5.41) is 0. The Morgan fingerprint density at radius 2 is 2.00 bits per heavy atom. The van der Waals surface area contributed by atoms with Crippen LogP contribution in [0.5, 0.6) is 0 Å². The molecule has 1 unspecified atom stereocenters. The van der Waals surface area contributed by atoms with E-state index in [4.69, 9.17) is 0 Å². The third kappa shape index (κ3) is 3.99. The average Bonchev–Trinajstić information content (AvgIpc) is 2.34. The predicted molar refractivity (Wildman–Crippen MR) is 75.6 cm³/mol. The maximum atomic E-state index is 13.7. The molecular weight excluding hydrogens is 367 g/mol. The van der Waals surface area contributed by atoms with E-state index >= 15 is 0 Å². The largest absolute Gasteiger partial charge is 0.296 e. The van der Waals surface area contributed by atoms with Gasteiger partial charge >= 0.3 is 0 Å². The molecule has 5 heteroatoms. The van der Waals surface area contributed by atoms with Crippen LogP contribution in [-0.2, 0) is 4.79 Å². The van der Waals surface area contributed by atoms with Crippen molar-refractivity contribution in [1.29, 1.82) is 0 Å². The Labute approximate surface area is 122 Å². The number of ketones is 2. The number of hydrogen-bond acceptors (Lipinski definition) is 2. The van der Waals surface area contributed by atoms with Gasteiger partial charge in [0.05, 0.1) is 0 Å². The standard InChI is InChI=1S/C13H13Br2FO2/c1-2-3-4-11(17)12(16)13(18)9-6-5-8(14)7-10(9)15/h5-7,12H,2-4H2,1H3. The fraction of sp³-hybridized carbons (Fsp3) is 0.385. The van der Waals surface area contributed by atoms with Crippen LogP contribution in [-0.4, -0.2) is 17.7 Å². The molecule has 1 aromatic rings. The second-order valence-electron chi connectivity index (χ2n) is 3.92. The Bertz CT molecular complexity index is 460. The molecule has 0 N–H and O–H groups in total. The second-order valence-corrected chi connectivity index (χ2v) is 5.69. The van der Waals surface area contributed by atoms with E-state index in [0.717, 1.165) is 10.9 Å². The molecule has 2 nitrogen and oxygen atoms in total. The highest BCUT2D eigenvalue weighted by Crippen LogP contribution is 2.24. The van der Waals surface area contributed by atoms with Gasteiger partial charge in [-0.25, -0.2) is 4.39 Å². The summed E-state index contributed by atoms with van der Waals surface area (Å²) >= 11 is 6.43. The predicted octanol–water partition coefficient (Wildman–Crippen LogP) is 4.49. The van der Waals surface area contributed by atoms with Crippen molar-refractivity contribution in [2.24, 2.45) is 0 Å². The van der Waals surface area contributed by atoms with Crippen molar-refractivity contribution in [1.82, 2.24) is 0 Å². The van der Waals surface area contributed by atoms with Crippen molar-refractivity contribution in [3.05, 3.63) is 32.7 Å². The molecule has 0 saturated carbocycles. The minimum Gasteiger partial charge on any atom is -0.296 e. The number of hydrogen-bond donors (Lipinski definition) is 0. The molecule has 98 valence electrons. The highest BCUT2D eigenvalue weighted by atomic mass is 79.9. The summed E-state index contributed by atoms with van der Waals surface area (Å²) in [6, 6.07) is 4.79. The molecule has 0 radical (unpaired) electrons. The number of rotatable bonds is 6. The number of benzene rings is 1. The number of carbonyl (C=O) groups excluding carboxylic acids is 2. The molecule has 0 aliphatic rings. The molecule has 0 aliphatic heterocycles. The van der Waals surface area contributed by atoms with Gasteiger partial charge in [-0.3, -0.25) is 9.59 Å². The van der Waals surface area contributed by atoms with Gasteiger partial charge < -0.3 is 0 Å². The van der Waals surface area contributed by atoms with E-state index < -0.39 is 17.7 Å². The van der Waals surface area contributed by atoms with E-state index in [9.17, 15) is 14.0 Å². The number of unbranched alkanes of at least 4 members (excludes halogenated alkanes) is 1. The van der Waals surface area contributed by atoms with E-state index in [1.807, 2.05) is 6.92 Å². The SMILES string of the molecule is CCCCC(=O)C(F)C(=O)c1ccc(Br)cc1Br. The quantitative estimate of drug-likeness (QED) is 0.539. The normalized spacial score (nSPS) is 12.2. The maximum Gasteiger partial charge on any atom is 0.220 e. The summed E-state index contributed by atoms with van der Waals surface area (Å²) in [7, 11) is 0. The van der Waals surface area contributed by atoms with Crippen molar-refractivity contribution < 1.29 is 14.0 Å². The zero-order valence-corrected chi connectivity index (χ0v) is 13.1. The minimum absolute atomic E-state index is 0.109. The van der Waals surface area contributed by atoms with E-state index in [1.54, 1.807) is 12.1 Å². The number of Topliss-reactive ketones (excluding diaryl/α,β-unsaturated/α-hetero) is 2. The van der Waals surface area contributed by atoms with Crippen LogP contribution >= 0.6 is 31.9 Å². The lowest BCUT2D eigenvalue weighted by atomic mass is 10.0. The van der Waals surface area contributed by atoms with Gasteiger partial charge in [-0.2, -0.15) is 0 Å². The smallest absolute Gasteiger partial charge is 0.220 e. The van der Waals surface area contributed by atoms with Crippen LogP contribution in [0, 0.1) is 0 Å². The molecule has 0 aromatic heterocycles. The fourth-order valence-corrected chi connectivity index (χ4v) is 2.69. The van der Waals surface area contributed by atoms with Gasteiger partial charge in [0.1, 0.15) is 0 Å². The Hall–Kier alpha value is -0.550. The Kier molecular flexibility index (Phi) is 6.15. The molecule has 1 rings (SSSR count). The molecular formula is C13H13Br2FO2. The van der Waals surface area contributed by atoms with E-state index in [0.29, 0.717) is 10.9 Å². The van der Waals surface area contributed by atoms with Crippen LogP contribution in [0.4, 0.5) is 4.39 Å². The Balaban J connectivity index is 2.83. The molecule has 0 heterocycles. The van der Waals surface area contributed by atoms with Crippen LogP contribution < -0.4 is 0 Å². The molecule has 1 atom stereocenters. The van der Waals surface area contributed by atoms with Crippen molar-refractivity contribution in [2.45, 2.75) is 32.4 Å². The maximum absolute atomic E-state index is 13.7. The summed E-state index contributed by atoms with van der Waals surface area (Å²) in [6.07, 6.45) is -0.547. The highest BCUT2D eigenvalue weighted by molar-refractivity contribution is 9.11. The summed E-state index contributed by atoms with van der Waals surface area (Å²) in [5.41, 5.74) is 0.190. The lowest BCUT2D eigenvalue weighted by Gasteiger charge is -2.08. The van der Waals surface area contributed by atoms with Gasteiger partial charge in [-0.05, 0) is 24.6 Å². The van der Waals surface area contributed by atoms with E-state index in [1.165, 1.54) is 6.07 Å². The van der Waals surface area contributed by atoms with Crippen molar-refractivity contribution in [2.75, 3.05) is 0 Å². The molecule has 0 aliphatic carbocycles. The summed E-state index contributed by atoms with van der Waals surface area (Å²) < 4.78 is 15.0. The molecule has 0 fully saturated rings. The van der Waals surface area contributed by atoms with Crippen LogP contribution in [0.1, 0.15) is 36.5 Å². The zero-order chi connectivity index (χ0) is 13.7. The van der Waals surface area contributed by atoms with Gasteiger partial charge in [0.15, 0.2) is 5.78 Å². The van der Waals surface area contributed by atoms with Gasteiger partial charge in [0, 0.05) is 20.9 Å². The van der Waals surface area contributed by atoms with E-state index in [-0.39, 0.29) is 12.0 Å². The summed E-state index contributed by atoms with van der Waals surface area (Å²) in [6.45, 7) is 1.91. The lowest BCUT2D eigenvalue weighted by Crippen LogP contribution is -2.26. The fourth-order valence-electron chi connectivity index (χ4n) is 1.45. The number of carbonyl (C=O) groups is 2. The molecule has 0 amide bonds. The van der Waals surface area contributed by atoms with E-state index in [2.05, 4.69) is 31.9 Å². The second kappa shape index (κ2) is 7.14. The number of alkyl halides is 1. The first kappa shape index (κ1) is 15.5. The topological polar surface area (TPSA) is 34.1 Å². The van der Waals surface area contributed by atoms with Gasteiger partial charge in [0.2, 0.25) is 12.0 Å². The molecule has 18 heavy (non-hydrogen) atoms. The van der Waals surface area contributed by atoms with Crippen molar-refractivity contribution in [3.63, 3.8) is 0 Å². The van der Waals surface area contributed by atoms with Gasteiger partial charge in [0.25, 0.3) is 0 Å². The Morgan fingerprint density at radius 3 is 2.56 bits per heavy atom. The molecule has 0 spiro atoms. The van der Waals surface area contributed by atoms with Crippen molar-refractivity contribution in [3.8, 4) is 0 Å². The first-order valence-electron chi connectivity index (χ1n) is 5.63. The third-order valence-electron chi connectivity index (χ3n) is 2.49. The minimum atomic E-state index is -2.06. The van der Waals surface area contributed by atoms with Crippen LogP contribution in [0.2, 0.25) is 0 Å². The first-order chi connectivity index (χ1) is 8.47. The van der Waals surface area contributed by atoms with Crippen LogP contribution in [0.15, 0.2) is 27.1 Å². The monoisotopic (exact) mass is 378 g/mol. The first-order valence-corrected chi connectivity index (χ1v) is 7.22. The van der Waals surface area contributed by atoms with Crippen LogP contribution in [0.25, 0.3) is 0 Å². The van der Waals surface area contributed by atoms with Gasteiger partial charge in [-0.1, -0.05) is 45.2 Å². The van der Waals surface area contributed by atoms with Crippen molar-refractivity contribution >= 4 is 43.4 Å². The molecule has 1 aromatic carbocycles. The third-order valence-corrected chi connectivity index (χ3v) is 3.64. The average molecular weight is 380 g/mol. The van der Waals surface area contributed by atoms with Gasteiger partial charge in [-0.15, -0.1) is 0 Å². The molecule has 0 saturated heterocycles. The zero-order valence-electron chi connectivity index (χ0n) is 9.88.